The largest absolute Gasteiger partial charge is 0.379 e. The average Bonchev–Trinajstić information content (AvgIpc) is 2.29. The molecule has 0 saturated heterocycles. The topological polar surface area (TPSA) is 84.3 Å². The lowest BCUT2D eigenvalue weighted by Gasteiger charge is -2.23. The van der Waals surface area contributed by atoms with E-state index in [0.29, 0.717) is 25.1 Å². The predicted molar refractivity (Wildman–Crippen MR) is 69.5 cm³/mol. The number of nitro groups is 1. The first-order chi connectivity index (χ1) is 8.46. The van der Waals surface area contributed by atoms with Gasteiger partial charge in [-0.2, -0.15) is 0 Å². The van der Waals surface area contributed by atoms with Crippen molar-refractivity contribution in [2.45, 2.75) is 25.8 Å². The molecule has 0 radical (unpaired) electrons. The first kappa shape index (κ1) is 14.0. The van der Waals surface area contributed by atoms with E-state index in [4.69, 9.17) is 0 Å². The molecule has 0 unspecified atom stereocenters. The second-order valence-electron chi connectivity index (χ2n) is 4.60. The molecule has 1 aromatic carbocycles. The molecule has 0 aliphatic heterocycles. The number of rotatable bonds is 7. The second kappa shape index (κ2) is 6.00. The van der Waals surface area contributed by atoms with Crippen molar-refractivity contribution in [3.05, 3.63) is 34.4 Å². The van der Waals surface area contributed by atoms with Gasteiger partial charge in [-0.25, -0.2) is 0 Å². The number of carbonyl (C=O) groups is 1. The maximum Gasteiger partial charge on any atom is 0.292 e. The number of para-hydroxylation sites is 2. The van der Waals surface area contributed by atoms with Crippen LogP contribution in [0.3, 0.4) is 0 Å². The number of amides is 1. The van der Waals surface area contributed by atoms with Gasteiger partial charge < -0.3 is 10.6 Å². The van der Waals surface area contributed by atoms with E-state index in [2.05, 4.69) is 10.6 Å². The fourth-order valence-electron chi connectivity index (χ4n) is 1.52. The van der Waals surface area contributed by atoms with Gasteiger partial charge in [-0.05, 0) is 26.3 Å². The minimum Gasteiger partial charge on any atom is -0.379 e. The number of anilines is 1. The van der Waals surface area contributed by atoms with Crippen molar-refractivity contribution in [2.75, 3.05) is 11.9 Å². The summed E-state index contributed by atoms with van der Waals surface area (Å²) in [6.07, 6.45) is 1.32. The summed E-state index contributed by atoms with van der Waals surface area (Å²) in [5.74, 6) is 0. The van der Waals surface area contributed by atoms with Crippen molar-refractivity contribution in [3.63, 3.8) is 0 Å². The van der Waals surface area contributed by atoms with Crippen LogP contribution in [0.1, 0.15) is 20.3 Å². The quantitative estimate of drug-likeness (QED) is 0.440. The molecule has 0 saturated carbocycles. The summed E-state index contributed by atoms with van der Waals surface area (Å²) >= 11 is 0. The number of nitrogens with zero attached hydrogens (tertiary/aromatic N) is 1. The lowest BCUT2D eigenvalue weighted by Crippen LogP contribution is -2.39. The van der Waals surface area contributed by atoms with E-state index in [0.717, 1.165) is 0 Å². The van der Waals surface area contributed by atoms with Gasteiger partial charge in [0.2, 0.25) is 6.41 Å². The summed E-state index contributed by atoms with van der Waals surface area (Å²) in [5, 5.41) is 16.5. The smallest absolute Gasteiger partial charge is 0.292 e. The van der Waals surface area contributed by atoms with Crippen LogP contribution in [0.25, 0.3) is 0 Å². The molecule has 98 valence electrons. The Morgan fingerprint density at radius 3 is 2.67 bits per heavy atom. The molecule has 1 amide bonds. The van der Waals surface area contributed by atoms with Gasteiger partial charge in [-0.1, -0.05) is 12.1 Å². The number of nitro benzene ring substituents is 1. The molecular weight excluding hydrogens is 234 g/mol. The molecule has 6 nitrogen and oxygen atoms in total. The Morgan fingerprint density at radius 2 is 2.06 bits per heavy atom. The summed E-state index contributed by atoms with van der Waals surface area (Å²) in [7, 11) is 0. The number of nitrogens with one attached hydrogen (secondary N) is 2. The molecule has 0 heterocycles. The third-order valence-corrected chi connectivity index (χ3v) is 2.62. The Balaban J connectivity index is 2.59. The number of hydrogen-bond acceptors (Lipinski definition) is 4. The van der Waals surface area contributed by atoms with E-state index in [1.165, 1.54) is 6.07 Å². The Morgan fingerprint density at radius 1 is 1.39 bits per heavy atom. The molecule has 1 rings (SSSR count). The fourth-order valence-corrected chi connectivity index (χ4v) is 1.52. The molecular formula is C12H17N3O3. The lowest BCUT2D eigenvalue weighted by atomic mass is 10.0. The maximum absolute atomic E-state index is 10.8. The van der Waals surface area contributed by atoms with Crippen LogP contribution in [-0.2, 0) is 4.79 Å². The fraction of sp³-hybridized carbons (Fsp3) is 0.417. The van der Waals surface area contributed by atoms with Gasteiger partial charge in [0.25, 0.3) is 5.69 Å². The monoisotopic (exact) mass is 251 g/mol. The van der Waals surface area contributed by atoms with Gasteiger partial charge >= 0.3 is 0 Å². The molecule has 0 aromatic heterocycles. The van der Waals surface area contributed by atoms with E-state index in [-0.39, 0.29) is 11.2 Å². The van der Waals surface area contributed by atoms with Gasteiger partial charge in [0, 0.05) is 18.2 Å². The van der Waals surface area contributed by atoms with Gasteiger partial charge in [0.05, 0.1) is 4.92 Å². The Bertz CT molecular complexity index is 432. The zero-order valence-electron chi connectivity index (χ0n) is 10.5. The molecule has 2 N–H and O–H groups in total. The van der Waals surface area contributed by atoms with Crippen LogP contribution in [-0.4, -0.2) is 23.4 Å². The summed E-state index contributed by atoms with van der Waals surface area (Å²) in [4.78, 5) is 20.7. The van der Waals surface area contributed by atoms with Crippen LogP contribution in [0.2, 0.25) is 0 Å². The number of hydrogen-bond donors (Lipinski definition) is 2. The highest BCUT2D eigenvalue weighted by Crippen LogP contribution is 2.23. The third kappa shape index (κ3) is 4.04. The van der Waals surface area contributed by atoms with Crippen LogP contribution in [0.15, 0.2) is 24.3 Å². The maximum atomic E-state index is 10.8. The van der Waals surface area contributed by atoms with Crippen LogP contribution in [0.5, 0.6) is 0 Å². The number of benzene rings is 1. The van der Waals surface area contributed by atoms with Crippen LogP contribution in [0.4, 0.5) is 11.4 Å². The van der Waals surface area contributed by atoms with Crippen LogP contribution < -0.4 is 10.6 Å². The van der Waals surface area contributed by atoms with Gasteiger partial charge in [-0.15, -0.1) is 0 Å². The van der Waals surface area contributed by atoms with Crippen molar-refractivity contribution < 1.29 is 9.72 Å². The molecule has 0 aliphatic carbocycles. The first-order valence-electron chi connectivity index (χ1n) is 5.65. The van der Waals surface area contributed by atoms with Crippen LogP contribution in [0, 0.1) is 10.1 Å². The molecule has 1 aromatic rings. The Hall–Kier alpha value is -2.11. The minimum atomic E-state index is -0.419. The lowest BCUT2D eigenvalue weighted by molar-refractivity contribution is -0.384. The van der Waals surface area contributed by atoms with Crippen molar-refractivity contribution in [2.24, 2.45) is 0 Å². The second-order valence-corrected chi connectivity index (χ2v) is 4.60. The molecule has 0 spiro atoms. The van der Waals surface area contributed by atoms with E-state index < -0.39 is 4.92 Å². The van der Waals surface area contributed by atoms with Crippen molar-refractivity contribution in [1.82, 2.24) is 5.32 Å². The van der Waals surface area contributed by atoms with E-state index >= 15 is 0 Å². The first-order valence-corrected chi connectivity index (χ1v) is 5.65. The van der Waals surface area contributed by atoms with Gasteiger partial charge in [0.15, 0.2) is 0 Å². The molecule has 0 fully saturated rings. The molecule has 0 bridgehead atoms. The summed E-state index contributed by atoms with van der Waals surface area (Å²) in [6.45, 7) is 4.32. The van der Waals surface area contributed by atoms with E-state index in [9.17, 15) is 14.9 Å². The van der Waals surface area contributed by atoms with E-state index in [1.54, 1.807) is 18.2 Å². The average molecular weight is 251 g/mol. The molecule has 18 heavy (non-hydrogen) atoms. The zero-order valence-corrected chi connectivity index (χ0v) is 10.5. The zero-order chi connectivity index (χ0) is 13.6. The summed E-state index contributed by atoms with van der Waals surface area (Å²) in [5.41, 5.74) is 0.209. The molecule has 0 atom stereocenters. The van der Waals surface area contributed by atoms with Gasteiger partial charge in [0.1, 0.15) is 5.69 Å². The Kier molecular flexibility index (Phi) is 4.65. The summed E-state index contributed by atoms with van der Waals surface area (Å²) < 4.78 is 0. The van der Waals surface area contributed by atoms with Crippen molar-refractivity contribution in [1.29, 1.82) is 0 Å². The van der Waals surface area contributed by atoms with Gasteiger partial charge in [-0.3, -0.25) is 14.9 Å². The predicted octanol–water partition coefficient (Wildman–Crippen LogP) is 1.92. The van der Waals surface area contributed by atoms with Crippen molar-refractivity contribution >= 4 is 17.8 Å². The number of carbonyl (C=O) groups excluding carboxylic acids is 1. The highest BCUT2D eigenvalue weighted by atomic mass is 16.6. The normalized spacial score (nSPS) is 10.8. The highest BCUT2D eigenvalue weighted by molar-refractivity contribution is 5.61. The molecule has 6 heteroatoms. The standard InChI is InChI=1S/C12H17N3O3/c1-12(2,14-9-16)7-8-13-10-5-3-4-6-11(10)15(17)18/h3-6,9,13H,7-8H2,1-2H3,(H,14,16). The minimum absolute atomic E-state index is 0.0543. The Labute approximate surface area is 106 Å². The molecule has 0 aliphatic rings. The SMILES string of the molecule is CC(C)(CCNc1ccccc1[N+](=O)[O-])NC=O. The van der Waals surface area contributed by atoms with Crippen LogP contribution >= 0.6 is 0 Å². The van der Waals surface area contributed by atoms with E-state index in [1.807, 2.05) is 13.8 Å². The third-order valence-electron chi connectivity index (χ3n) is 2.62. The van der Waals surface area contributed by atoms with Crippen molar-refractivity contribution in [3.8, 4) is 0 Å². The highest BCUT2D eigenvalue weighted by Gasteiger charge is 2.17. The summed E-state index contributed by atoms with van der Waals surface area (Å²) in [6, 6.07) is 6.49.